The third-order valence-corrected chi connectivity index (χ3v) is 3.44. The minimum Gasteiger partial charge on any atom is -0.396 e. The molecule has 1 aromatic rings. The number of hydrogen-bond donors (Lipinski definition) is 2. The molecule has 0 spiro atoms. The molecule has 0 heterocycles. The number of rotatable bonds is 8. The lowest BCUT2D eigenvalue weighted by Crippen LogP contribution is -2.17. The molecule has 1 aromatic carbocycles. The standard InChI is InChI=1S/C13H17FN2OS/c14-13-8-11(9-15)2-3-12(13)10-16-4-7-18-6-1-5-17/h2-3,8,16-17H,1,4-7,10H2. The summed E-state index contributed by atoms with van der Waals surface area (Å²) in [5.41, 5.74) is 0.921. The van der Waals surface area contributed by atoms with Crippen LogP contribution in [0.2, 0.25) is 0 Å². The second-order valence-electron chi connectivity index (χ2n) is 3.78. The number of halogens is 1. The number of nitrogens with one attached hydrogen (secondary N) is 1. The van der Waals surface area contributed by atoms with E-state index in [0.717, 1.165) is 24.5 Å². The van der Waals surface area contributed by atoms with E-state index in [1.807, 2.05) is 6.07 Å². The average Bonchev–Trinajstić information content (AvgIpc) is 2.39. The topological polar surface area (TPSA) is 56.0 Å². The summed E-state index contributed by atoms with van der Waals surface area (Å²) < 4.78 is 13.5. The fourth-order valence-corrected chi connectivity index (χ4v) is 2.22. The fraction of sp³-hybridized carbons (Fsp3) is 0.462. The first kappa shape index (κ1) is 15.0. The first-order valence-electron chi connectivity index (χ1n) is 5.85. The van der Waals surface area contributed by atoms with Gasteiger partial charge in [0.05, 0.1) is 11.6 Å². The molecule has 0 aromatic heterocycles. The van der Waals surface area contributed by atoms with Crippen LogP contribution in [0.5, 0.6) is 0 Å². The molecule has 0 aliphatic carbocycles. The van der Waals surface area contributed by atoms with Crippen LogP contribution in [0.25, 0.3) is 0 Å². The maximum Gasteiger partial charge on any atom is 0.129 e. The monoisotopic (exact) mass is 268 g/mol. The molecule has 0 atom stereocenters. The Labute approximate surface area is 111 Å². The lowest BCUT2D eigenvalue weighted by atomic mass is 10.1. The highest BCUT2D eigenvalue weighted by atomic mass is 32.2. The van der Waals surface area contributed by atoms with Crippen molar-refractivity contribution in [2.24, 2.45) is 0 Å². The van der Waals surface area contributed by atoms with Crippen molar-refractivity contribution in [2.75, 3.05) is 24.7 Å². The number of benzene rings is 1. The van der Waals surface area contributed by atoms with E-state index in [1.165, 1.54) is 6.07 Å². The zero-order valence-electron chi connectivity index (χ0n) is 10.2. The summed E-state index contributed by atoms with van der Waals surface area (Å²) >= 11 is 1.76. The van der Waals surface area contributed by atoms with Crippen LogP contribution < -0.4 is 5.32 Å². The molecular weight excluding hydrogens is 251 g/mol. The molecule has 0 saturated heterocycles. The van der Waals surface area contributed by atoms with E-state index >= 15 is 0 Å². The van der Waals surface area contributed by atoms with Gasteiger partial charge in [0, 0.05) is 31.0 Å². The van der Waals surface area contributed by atoms with Crippen LogP contribution in [0, 0.1) is 17.1 Å². The molecule has 0 bridgehead atoms. The predicted molar refractivity (Wildman–Crippen MR) is 71.8 cm³/mol. The average molecular weight is 268 g/mol. The Bertz CT molecular complexity index is 406. The molecule has 0 saturated carbocycles. The van der Waals surface area contributed by atoms with Crippen molar-refractivity contribution < 1.29 is 9.50 Å². The van der Waals surface area contributed by atoms with Crippen molar-refractivity contribution >= 4 is 11.8 Å². The molecule has 1 rings (SSSR count). The number of aliphatic hydroxyl groups is 1. The van der Waals surface area contributed by atoms with Crippen LogP contribution in [0.4, 0.5) is 4.39 Å². The van der Waals surface area contributed by atoms with Gasteiger partial charge in [0.25, 0.3) is 0 Å². The minimum absolute atomic E-state index is 0.233. The zero-order chi connectivity index (χ0) is 13.2. The van der Waals surface area contributed by atoms with Gasteiger partial charge in [0.15, 0.2) is 0 Å². The molecule has 0 unspecified atom stereocenters. The van der Waals surface area contributed by atoms with E-state index in [4.69, 9.17) is 10.4 Å². The lowest BCUT2D eigenvalue weighted by Gasteiger charge is -2.06. The summed E-state index contributed by atoms with van der Waals surface area (Å²) in [6.07, 6.45) is 0.814. The van der Waals surface area contributed by atoms with Crippen LogP contribution in [0.15, 0.2) is 18.2 Å². The van der Waals surface area contributed by atoms with Gasteiger partial charge in [0.2, 0.25) is 0 Å². The second-order valence-corrected chi connectivity index (χ2v) is 5.01. The van der Waals surface area contributed by atoms with Gasteiger partial charge in [0.1, 0.15) is 5.82 Å². The maximum absolute atomic E-state index is 13.5. The molecule has 0 amide bonds. The summed E-state index contributed by atoms with van der Waals surface area (Å²) in [6, 6.07) is 6.42. The van der Waals surface area contributed by atoms with Crippen molar-refractivity contribution in [2.45, 2.75) is 13.0 Å². The summed E-state index contributed by atoms with van der Waals surface area (Å²) in [6.45, 7) is 1.50. The quantitative estimate of drug-likeness (QED) is 0.707. The number of nitrogens with zero attached hydrogens (tertiary/aromatic N) is 1. The molecule has 2 N–H and O–H groups in total. The first-order chi connectivity index (χ1) is 8.77. The van der Waals surface area contributed by atoms with E-state index < -0.39 is 0 Å². The highest BCUT2D eigenvalue weighted by Gasteiger charge is 2.02. The SMILES string of the molecule is N#Cc1ccc(CNCCSCCCO)c(F)c1. The van der Waals surface area contributed by atoms with Gasteiger partial charge >= 0.3 is 0 Å². The van der Waals surface area contributed by atoms with Gasteiger partial charge in [-0.3, -0.25) is 0 Å². The smallest absolute Gasteiger partial charge is 0.129 e. The van der Waals surface area contributed by atoms with Gasteiger partial charge in [-0.2, -0.15) is 17.0 Å². The third-order valence-electron chi connectivity index (χ3n) is 2.37. The van der Waals surface area contributed by atoms with Gasteiger partial charge < -0.3 is 10.4 Å². The minimum atomic E-state index is -0.338. The molecule has 0 fully saturated rings. The van der Waals surface area contributed by atoms with E-state index in [0.29, 0.717) is 17.7 Å². The lowest BCUT2D eigenvalue weighted by molar-refractivity contribution is 0.296. The number of thioether (sulfide) groups is 1. The van der Waals surface area contributed by atoms with Gasteiger partial charge in [-0.15, -0.1) is 0 Å². The van der Waals surface area contributed by atoms with E-state index in [1.54, 1.807) is 23.9 Å². The Balaban J connectivity index is 2.21. The predicted octanol–water partition coefficient (Wildman–Crippen LogP) is 1.90. The van der Waals surface area contributed by atoms with E-state index in [-0.39, 0.29) is 12.4 Å². The molecule has 0 aliphatic rings. The summed E-state index contributed by atoms with van der Waals surface area (Å²) in [4.78, 5) is 0. The summed E-state index contributed by atoms with van der Waals surface area (Å²) in [5, 5.41) is 20.4. The van der Waals surface area contributed by atoms with E-state index in [2.05, 4.69) is 5.32 Å². The van der Waals surface area contributed by atoms with Crippen LogP contribution in [0.1, 0.15) is 17.5 Å². The van der Waals surface area contributed by atoms with Gasteiger partial charge in [-0.05, 0) is 24.3 Å². The maximum atomic E-state index is 13.5. The molecule has 0 aliphatic heterocycles. The number of nitriles is 1. The number of aliphatic hydroxyl groups excluding tert-OH is 1. The van der Waals surface area contributed by atoms with Crippen LogP contribution in [-0.4, -0.2) is 29.8 Å². The van der Waals surface area contributed by atoms with E-state index in [9.17, 15) is 4.39 Å². The molecule has 98 valence electrons. The largest absolute Gasteiger partial charge is 0.396 e. The zero-order valence-corrected chi connectivity index (χ0v) is 11.0. The van der Waals surface area contributed by atoms with Crippen molar-refractivity contribution in [3.05, 3.63) is 35.1 Å². The summed E-state index contributed by atoms with van der Waals surface area (Å²) in [5.74, 6) is 1.55. The molecule has 18 heavy (non-hydrogen) atoms. The van der Waals surface area contributed by atoms with Gasteiger partial charge in [-0.1, -0.05) is 6.07 Å². The fourth-order valence-electron chi connectivity index (χ4n) is 1.40. The third kappa shape index (κ3) is 5.50. The second kappa shape index (κ2) is 8.92. The Hall–Kier alpha value is -1.09. The molecule has 5 heteroatoms. The number of hydrogen-bond acceptors (Lipinski definition) is 4. The molecule has 0 radical (unpaired) electrons. The van der Waals surface area contributed by atoms with Gasteiger partial charge in [-0.25, -0.2) is 4.39 Å². The molecular formula is C13H17FN2OS. The van der Waals surface area contributed by atoms with Crippen molar-refractivity contribution in [3.8, 4) is 6.07 Å². The summed E-state index contributed by atoms with van der Waals surface area (Å²) in [7, 11) is 0. The molecule has 3 nitrogen and oxygen atoms in total. The van der Waals surface area contributed by atoms with Crippen molar-refractivity contribution in [1.82, 2.24) is 5.32 Å². The van der Waals surface area contributed by atoms with Crippen LogP contribution in [0.3, 0.4) is 0 Å². The Kier molecular flexibility index (Phi) is 7.42. The highest BCUT2D eigenvalue weighted by Crippen LogP contribution is 2.09. The Morgan fingerprint density at radius 1 is 1.39 bits per heavy atom. The Morgan fingerprint density at radius 2 is 2.22 bits per heavy atom. The van der Waals surface area contributed by atoms with Crippen molar-refractivity contribution in [3.63, 3.8) is 0 Å². The first-order valence-corrected chi connectivity index (χ1v) is 7.01. The highest BCUT2D eigenvalue weighted by molar-refractivity contribution is 7.99. The normalized spacial score (nSPS) is 10.3. The van der Waals surface area contributed by atoms with Crippen LogP contribution >= 0.6 is 11.8 Å². The Morgan fingerprint density at radius 3 is 2.89 bits per heavy atom. The van der Waals surface area contributed by atoms with Crippen LogP contribution in [-0.2, 0) is 6.54 Å². The van der Waals surface area contributed by atoms with Crippen molar-refractivity contribution in [1.29, 1.82) is 5.26 Å².